The molecule has 2 rings (SSSR count). The molecular formula is C13H26N2S. The summed E-state index contributed by atoms with van der Waals surface area (Å²) >= 11 is 4.46. The van der Waals surface area contributed by atoms with E-state index in [9.17, 15) is 0 Å². The third-order valence-corrected chi connectivity index (χ3v) is 5.17. The molecule has 2 heterocycles. The summed E-state index contributed by atoms with van der Waals surface area (Å²) < 4.78 is 0. The first-order valence-electron chi connectivity index (χ1n) is 6.57. The minimum atomic E-state index is 0.352. The molecule has 0 aromatic carbocycles. The molecule has 94 valence electrons. The third kappa shape index (κ3) is 2.74. The molecule has 2 nitrogen and oxygen atoms in total. The zero-order valence-electron chi connectivity index (χ0n) is 10.9. The van der Waals surface area contributed by atoms with E-state index in [4.69, 9.17) is 0 Å². The lowest BCUT2D eigenvalue weighted by Gasteiger charge is -2.32. The maximum Gasteiger partial charge on any atom is 0.0223 e. The van der Waals surface area contributed by atoms with Crippen LogP contribution in [0.25, 0.3) is 0 Å². The van der Waals surface area contributed by atoms with E-state index in [1.165, 1.54) is 38.9 Å². The van der Waals surface area contributed by atoms with E-state index in [2.05, 4.69) is 43.3 Å². The van der Waals surface area contributed by atoms with Crippen LogP contribution in [0.4, 0.5) is 0 Å². The minimum Gasteiger partial charge on any atom is -0.301 e. The van der Waals surface area contributed by atoms with E-state index in [-0.39, 0.29) is 0 Å². The van der Waals surface area contributed by atoms with E-state index in [1.54, 1.807) is 0 Å². The SMILES string of the molecule is CN1C2CCC1CN(CC(C)(C)CS)CC2. The van der Waals surface area contributed by atoms with E-state index in [0.717, 1.165) is 17.8 Å². The van der Waals surface area contributed by atoms with Gasteiger partial charge in [0.05, 0.1) is 0 Å². The van der Waals surface area contributed by atoms with Gasteiger partial charge in [0, 0.05) is 25.2 Å². The van der Waals surface area contributed by atoms with E-state index in [1.807, 2.05) is 0 Å². The van der Waals surface area contributed by atoms with Crippen molar-refractivity contribution < 1.29 is 0 Å². The second-order valence-electron chi connectivity index (χ2n) is 6.40. The standard InChI is InChI=1S/C13H26N2S/c1-13(2,10-16)9-15-7-6-11-4-5-12(8-15)14(11)3/h11-12,16H,4-10H2,1-3H3. The highest BCUT2D eigenvalue weighted by molar-refractivity contribution is 7.80. The monoisotopic (exact) mass is 242 g/mol. The molecule has 2 unspecified atom stereocenters. The van der Waals surface area contributed by atoms with Crippen LogP contribution in [-0.4, -0.2) is 54.3 Å². The van der Waals surface area contributed by atoms with E-state index in [0.29, 0.717) is 5.41 Å². The van der Waals surface area contributed by atoms with Gasteiger partial charge < -0.3 is 4.90 Å². The van der Waals surface area contributed by atoms with Gasteiger partial charge in [-0.05, 0) is 44.0 Å². The van der Waals surface area contributed by atoms with Crippen molar-refractivity contribution in [2.75, 3.05) is 32.4 Å². The van der Waals surface area contributed by atoms with Crippen molar-refractivity contribution in [3.8, 4) is 0 Å². The normalized spacial score (nSPS) is 33.0. The molecule has 0 amide bonds. The molecule has 0 saturated carbocycles. The van der Waals surface area contributed by atoms with Crippen molar-refractivity contribution in [1.29, 1.82) is 0 Å². The summed E-state index contributed by atoms with van der Waals surface area (Å²) in [5, 5.41) is 0. The average molecular weight is 242 g/mol. The zero-order valence-corrected chi connectivity index (χ0v) is 11.8. The predicted molar refractivity (Wildman–Crippen MR) is 73.3 cm³/mol. The van der Waals surface area contributed by atoms with Gasteiger partial charge in [0.1, 0.15) is 0 Å². The van der Waals surface area contributed by atoms with Crippen LogP contribution in [-0.2, 0) is 0 Å². The van der Waals surface area contributed by atoms with Crippen molar-refractivity contribution in [3.05, 3.63) is 0 Å². The Labute approximate surface area is 106 Å². The van der Waals surface area contributed by atoms with Gasteiger partial charge in [0.2, 0.25) is 0 Å². The summed E-state index contributed by atoms with van der Waals surface area (Å²) in [5.41, 5.74) is 0.352. The molecule has 2 fully saturated rings. The van der Waals surface area contributed by atoms with Gasteiger partial charge in [-0.1, -0.05) is 13.8 Å². The van der Waals surface area contributed by atoms with Gasteiger partial charge >= 0.3 is 0 Å². The predicted octanol–water partition coefficient (Wildman–Crippen LogP) is 2.11. The highest BCUT2D eigenvalue weighted by Gasteiger charge is 2.35. The molecular weight excluding hydrogens is 216 g/mol. The molecule has 2 aliphatic heterocycles. The smallest absolute Gasteiger partial charge is 0.0223 e. The topological polar surface area (TPSA) is 6.48 Å². The summed E-state index contributed by atoms with van der Waals surface area (Å²) in [5.74, 6) is 0.980. The second-order valence-corrected chi connectivity index (χ2v) is 6.71. The summed E-state index contributed by atoms with van der Waals surface area (Å²) in [6.45, 7) is 8.40. The molecule has 16 heavy (non-hydrogen) atoms. The van der Waals surface area contributed by atoms with Gasteiger partial charge in [0.15, 0.2) is 0 Å². The zero-order chi connectivity index (χ0) is 11.8. The Morgan fingerprint density at radius 3 is 2.56 bits per heavy atom. The number of rotatable bonds is 3. The Kier molecular flexibility index (Phi) is 3.87. The van der Waals surface area contributed by atoms with Gasteiger partial charge in [-0.25, -0.2) is 0 Å². The van der Waals surface area contributed by atoms with Crippen LogP contribution < -0.4 is 0 Å². The third-order valence-electron chi connectivity index (χ3n) is 4.31. The van der Waals surface area contributed by atoms with E-state index >= 15 is 0 Å². The van der Waals surface area contributed by atoms with Crippen LogP contribution in [0.3, 0.4) is 0 Å². The molecule has 3 heteroatoms. The Morgan fingerprint density at radius 1 is 1.19 bits per heavy atom. The fraction of sp³-hybridized carbons (Fsp3) is 1.00. The average Bonchev–Trinajstić information content (AvgIpc) is 2.47. The van der Waals surface area contributed by atoms with Gasteiger partial charge in [0.25, 0.3) is 0 Å². The van der Waals surface area contributed by atoms with Gasteiger partial charge in [-0.2, -0.15) is 12.6 Å². The van der Waals surface area contributed by atoms with Crippen LogP contribution >= 0.6 is 12.6 Å². The van der Waals surface area contributed by atoms with Gasteiger partial charge in [-0.3, -0.25) is 4.90 Å². The molecule has 2 bridgehead atoms. The molecule has 2 saturated heterocycles. The molecule has 0 N–H and O–H groups in total. The lowest BCUT2D eigenvalue weighted by Crippen LogP contribution is -2.41. The highest BCUT2D eigenvalue weighted by Crippen LogP contribution is 2.30. The lowest BCUT2D eigenvalue weighted by atomic mass is 9.95. The van der Waals surface area contributed by atoms with Crippen molar-refractivity contribution in [2.45, 2.75) is 45.2 Å². The Balaban J connectivity index is 1.94. The molecule has 0 spiro atoms. The number of fused-ring (bicyclic) bond motifs is 2. The Bertz CT molecular complexity index is 242. The van der Waals surface area contributed by atoms with Crippen LogP contribution in [0.1, 0.15) is 33.1 Å². The first kappa shape index (κ1) is 12.7. The minimum absolute atomic E-state index is 0.352. The first-order valence-corrected chi connectivity index (χ1v) is 7.20. The Hall–Kier alpha value is 0.270. The quantitative estimate of drug-likeness (QED) is 0.757. The fourth-order valence-electron chi connectivity index (χ4n) is 3.18. The molecule has 2 aliphatic rings. The number of hydrogen-bond donors (Lipinski definition) is 1. The van der Waals surface area contributed by atoms with E-state index < -0.39 is 0 Å². The highest BCUT2D eigenvalue weighted by atomic mass is 32.1. The summed E-state index contributed by atoms with van der Waals surface area (Å²) in [6.07, 6.45) is 4.18. The molecule has 0 radical (unpaired) electrons. The van der Waals surface area contributed by atoms with Crippen molar-refractivity contribution >= 4 is 12.6 Å². The molecule has 2 atom stereocenters. The summed E-state index contributed by atoms with van der Waals surface area (Å²) in [7, 11) is 2.32. The number of hydrogen-bond acceptors (Lipinski definition) is 3. The van der Waals surface area contributed by atoms with Crippen LogP contribution in [0, 0.1) is 5.41 Å². The number of nitrogens with zero attached hydrogens (tertiary/aromatic N) is 2. The summed E-state index contributed by atoms with van der Waals surface area (Å²) in [6, 6.07) is 1.66. The van der Waals surface area contributed by atoms with Crippen LogP contribution in [0.5, 0.6) is 0 Å². The van der Waals surface area contributed by atoms with Crippen molar-refractivity contribution in [3.63, 3.8) is 0 Å². The van der Waals surface area contributed by atoms with Crippen molar-refractivity contribution in [1.82, 2.24) is 9.80 Å². The lowest BCUT2D eigenvalue weighted by molar-refractivity contribution is 0.173. The number of thiol groups is 1. The van der Waals surface area contributed by atoms with Crippen molar-refractivity contribution in [2.24, 2.45) is 5.41 Å². The number of likely N-dealkylation sites (tertiary alicyclic amines) is 1. The van der Waals surface area contributed by atoms with Crippen LogP contribution in [0.2, 0.25) is 0 Å². The second kappa shape index (κ2) is 4.87. The number of likely N-dealkylation sites (N-methyl/N-ethyl adjacent to an activating group) is 1. The van der Waals surface area contributed by atoms with Crippen LogP contribution in [0.15, 0.2) is 0 Å². The molecule has 0 aromatic heterocycles. The Morgan fingerprint density at radius 2 is 1.88 bits per heavy atom. The molecule has 0 aromatic rings. The summed E-state index contributed by atoms with van der Waals surface area (Å²) in [4.78, 5) is 5.28. The first-order chi connectivity index (χ1) is 7.52. The fourth-order valence-corrected chi connectivity index (χ4v) is 3.28. The van der Waals surface area contributed by atoms with Gasteiger partial charge in [-0.15, -0.1) is 0 Å². The molecule has 0 aliphatic carbocycles. The largest absolute Gasteiger partial charge is 0.301 e. The maximum atomic E-state index is 4.46. The maximum absolute atomic E-state index is 4.46.